The molecule has 0 saturated carbocycles. The van der Waals surface area contributed by atoms with Gasteiger partial charge in [0.15, 0.2) is 0 Å². The zero-order valence-corrected chi connectivity index (χ0v) is 10.7. The minimum Gasteiger partial charge on any atom is -0.386 e. The molecule has 5 nitrogen and oxygen atoms in total. The highest BCUT2D eigenvalue weighted by Crippen LogP contribution is 2.14. The van der Waals surface area contributed by atoms with Gasteiger partial charge in [-0.3, -0.25) is 9.78 Å². The van der Waals surface area contributed by atoms with Crippen molar-refractivity contribution in [1.82, 2.24) is 10.3 Å². The summed E-state index contributed by atoms with van der Waals surface area (Å²) >= 11 is 0. The van der Waals surface area contributed by atoms with Gasteiger partial charge >= 0.3 is 0 Å². The fraction of sp³-hybridized carbons (Fsp3) is 0.500. The van der Waals surface area contributed by atoms with Gasteiger partial charge in [0.1, 0.15) is 0 Å². The van der Waals surface area contributed by atoms with Crippen molar-refractivity contribution in [3.63, 3.8) is 0 Å². The summed E-state index contributed by atoms with van der Waals surface area (Å²) in [6, 6.07) is 1.68. The summed E-state index contributed by atoms with van der Waals surface area (Å²) in [6.07, 6.45) is 3.22. The number of hydrogen-bond acceptors (Lipinski definition) is 4. The van der Waals surface area contributed by atoms with Crippen LogP contribution in [0, 0.1) is 0 Å². The maximum absolute atomic E-state index is 12.1. The molecule has 0 atom stereocenters. The van der Waals surface area contributed by atoms with Gasteiger partial charge in [-0.05, 0) is 19.9 Å². The van der Waals surface area contributed by atoms with Crippen molar-refractivity contribution in [3.8, 4) is 0 Å². The molecule has 0 aromatic carbocycles. The van der Waals surface area contributed by atoms with E-state index in [9.17, 15) is 4.79 Å². The fourth-order valence-electron chi connectivity index (χ4n) is 1.56. The van der Waals surface area contributed by atoms with E-state index in [1.54, 1.807) is 32.6 Å². The summed E-state index contributed by atoms with van der Waals surface area (Å²) in [5, 5.41) is 5.86. The normalized spacial score (nSPS) is 11.1. The number of carbonyl (C=O) groups excluding carboxylic acids is 1. The van der Waals surface area contributed by atoms with Gasteiger partial charge in [0, 0.05) is 20.4 Å². The van der Waals surface area contributed by atoms with Crippen LogP contribution in [-0.2, 0) is 4.74 Å². The van der Waals surface area contributed by atoms with E-state index in [2.05, 4.69) is 15.6 Å². The van der Waals surface area contributed by atoms with Crippen LogP contribution in [-0.4, -0.2) is 37.2 Å². The first-order valence-corrected chi connectivity index (χ1v) is 5.43. The van der Waals surface area contributed by atoms with Gasteiger partial charge in [-0.1, -0.05) is 0 Å². The molecule has 0 aliphatic rings. The first kappa shape index (κ1) is 13.4. The first-order chi connectivity index (χ1) is 8.00. The number of ether oxygens (including phenoxy) is 1. The topological polar surface area (TPSA) is 63.2 Å². The van der Waals surface area contributed by atoms with Gasteiger partial charge in [-0.2, -0.15) is 0 Å². The van der Waals surface area contributed by atoms with Gasteiger partial charge in [0.2, 0.25) is 0 Å². The standard InChI is InChI=1S/C12H19N3O2/c1-12(2,8-17-4)15-11(16)9-5-6-14-7-10(9)13-3/h5-7,13H,8H2,1-4H3,(H,15,16). The lowest BCUT2D eigenvalue weighted by atomic mass is 10.1. The molecule has 0 fully saturated rings. The monoisotopic (exact) mass is 237 g/mol. The number of aromatic nitrogens is 1. The Bertz CT molecular complexity index is 391. The molecule has 2 N–H and O–H groups in total. The van der Waals surface area contributed by atoms with Gasteiger partial charge in [-0.25, -0.2) is 0 Å². The van der Waals surface area contributed by atoms with E-state index in [0.717, 1.165) is 0 Å². The largest absolute Gasteiger partial charge is 0.386 e. The maximum atomic E-state index is 12.1. The minimum absolute atomic E-state index is 0.140. The zero-order valence-electron chi connectivity index (χ0n) is 10.7. The average Bonchev–Trinajstić information content (AvgIpc) is 2.28. The third kappa shape index (κ3) is 3.71. The van der Waals surface area contributed by atoms with E-state index in [0.29, 0.717) is 17.9 Å². The Kier molecular flexibility index (Phi) is 4.45. The van der Waals surface area contributed by atoms with Crippen LogP contribution < -0.4 is 10.6 Å². The second-order valence-electron chi connectivity index (χ2n) is 4.44. The number of nitrogens with zero attached hydrogens (tertiary/aromatic N) is 1. The Morgan fingerprint density at radius 3 is 2.82 bits per heavy atom. The van der Waals surface area contributed by atoms with Crippen LogP contribution in [0.1, 0.15) is 24.2 Å². The first-order valence-electron chi connectivity index (χ1n) is 5.43. The van der Waals surface area contributed by atoms with Crippen LogP contribution in [0.15, 0.2) is 18.5 Å². The summed E-state index contributed by atoms with van der Waals surface area (Å²) in [7, 11) is 3.37. The van der Waals surface area contributed by atoms with Crippen molar-refractivity contribution >= 4 is 11.6 Å². The third-order valence-electron chi connectivity index (χ3n) is 2.29. The van der Waals surface area contributed by atoms with E-state index >= 15 is 0 Å². The number of amides is 1. The van der Waals surface area contributed by atoms with Crippen molar-refractivity contribution in [2.45, 2.75) is 19.4 Å². The molecule has 1 rings (SSSR count). The molecule has 94 valence electrons. The Labute approximate surface area is 102 Å². The summed E-state index contributed by atoms with van der Waals surface area (Å²) in [4.78, 5) is 16.0. The lowest BCUT2D eigenvalue weighted by Gasteiger charge is -2.25. The van der Waals surface area contributed by atoms with Gasteiger partial charge in [0.05, 0.1) is 29.6 Å². The number of nitrogens with one attached hydrogen (secondary N) is 2. The molecule has 0 bridgehead atoms. The molecule has 0 aliphatic heterocycles. The molecular weight excluding hydrogens is 218 g/mol. The lowest BCUT2D eigenvalue weighted by molar-refractivity contribution is 0.0820. The average molecular weight is 237 g/mol. The zero-order chi connectivity index (χ0) is 12.9. The number of rotatable bonds is 5. The molecule has 0 unspecified atom stereocenters. The second kappa shape index (κ2) is 5.63. The van der Waals surface area contributed by atoms with Crippen LogP contribution in [0.25, 0.3) is 0 Å². The summed E-state index contributed by atoms with van der Waals surface area (Å²) in [6.45, 7) is 4.28. The fourth-order valence-corrected chi connectivity index (χ4v) is 1.56. The molecule has 0 aliphatic carbocycles. The highest BCUT2D eigenvalue weighted by Gasteiger charge is 2.22. The Balaban J connectivity index is 2.83. The third-order valence-corrected chi connectivity index (χ3v) is 2.29. The molecular formula is C12H19N3O2. The lowest BCUT2D eigenvalue weighted by Crippen LogP contribution is -2.46. The van der Waals surface area contributed by atoms with E-state index in [1.807, 2.05) is 13.8 Å². The van der Waals surface area contributed by atoms with E-state index in [1.165, 1.54) is 0 Å². The van der Waals surface area contributed by atoms with E-state index in [-0.39, 0.29) is 5.91 Å². The summed E-state index contributed by atoms with van der Waals surface area (Å²) in [5.41, 5.74) is 0.880. The second-order valence-corrected chi connectivity index (χ2v) is 4.44. The summed E-state index contributed by atoms with van der Waals surface area (Å²) in [5.74, 6) is -0.140. The molecule has 1 heterocycles. The van der Waals surface area contributed by atoms with Crippen molar-refractivity contribution < 1.29 is 9.53 Å². The van der Waals surface area contributed by atoms with Crippen LogP contribution in [0.4, 0.5) is 5.69 Å². The smallest absolute Gasteiger partial charge is 0.253 e. The van der Waals surface area contributed by atoms with Gasteiger partial charge in [-0.15, -0.1) is 0 Å². The van der Waals surface area contributed by atoms with Crippen LogP contribution >= 0.6 is 0 Å². The molecule has 0 saturated heterocycles. The number of pyridine rings is 1. The molecule has 1 aromatic heterocycles. The highest BCUT2D eigenvalue weighted by molar-refractivity contribution is 5.99. The van der Waals surface area contributed by atoms with Crippen LogP contribution in [0.3, 0.4) is 0 Å². The highest BCUT2D eigenvalue weighted by atomic mass is 16.5. The van der Waals surface area contributed by atoms with Crippen molar-refractivity contribution in [2.75, 3.05) is 26.1 Å². The Morgan fingerprint density at radius 1 is 1.53 bits per heavy atom. The van der Waals surface area contributed by atoms with Crippen molar-refractivity contribution in [3.05, 3.63) is 24.0 Å². The van der Waals surface area contributed by atoms with Crippen molar-refractivity contribution in [1.29, 1.82) is 0 Å². The molecule has 0 spiro atoms. The summed E-state index contributed by atoms with van der Waals surface area (Å²) < 4.78 is 5.06. The molecule has 17 heavy (non-hydrogen) atoms. The molecule has 1 aromatic rings. The Hall–Kier alpha value is -1.62. The molecule has 1 amide bonds. The van der Waals surface area contributed by atoms with E-state index in [4.69, 9.17) is 4.74 Å². The minimum atomic E-state index is -0.403. The van der Waals surface area contributed by atoms with Crippen LogP contribution in [0.5, 0.6) is 0 Å². The number of anilines is 1. The number of methoxy groups -OCH3 is 1. The Morgan fingerprint density at radius 2 is 2.24 bits per heavy atom. The quantitative estimate of drug-likeness (QED) is 0.809. The predicted octanol–water partition coefficient (Wildman–Crippen LogP) is 1.28. The SMILES string of the molecule is CNc1cnccc1C(=O)NC(C)(C)COC. The predicted molar refractivity (Wildman–Crippen MR) is 67.2 cm³/mol. The van der Waals surface area contributed by atoms with E-state index < -0.39 is 5.54 Å². The van der Waals surface area contributed by atoms with Crippen LogP contribution in [0.2, 0.25) is 0 Å². The number of hydrogen-bond donors (Lipinski definition) is 2. The number of carbonyl (C=O) groups is 1. The van der Waals surface area contributed by atoms with Gasteiger partial charge < -0.3 is 15.4 Å². The molecule has 5 heteroatoms. The van der Waals surface area contributed by atoms with Gasteiger partial charge in [0.25, 0.3) is 5.91 Å². The molecule has 0 radical (unpaired) electrons. The maximum Gasteiger partial charge on any atom is 0.253 e. The van der Waals surface area contributed by atoms with Crippen molar-refractivity contribution in [2.24, 2.45) is 0 Å².